The largest absolute Gasteiger partial charge is 0.481 e. The fourth-order valence-corrected chi connectivity index (χ4v) is 5.46. The van der Waals surface area contributed by atoms with E-state index in [1.165, 1.54) is 0 Å². The van der Waals surface area contributed by atoms with E-state index >= 15 is 0 Å². The molecule has 2 N–H and O–H groups in total. The van der Waals surface area contributed by atoms with Crippen molar-refractivity contribution in [1.82, 2.24) is 5.32 Å². The van der Waals surface area contributed by atoms with Crippen LogP contribution in [0, 0.1) is 11.8 Å². The Morgan fingerprint density at radius 3 is 2.39 bits per heavy atom. The highest BCUT2D eigenvalue weighted by atomic mass is 32.1. The first-order chi connectivity index (χ1) is 15.0. The van der Waals surface area contributed by atoms with Gasteiger partial charge in [0.05, 0.1) is 17.2 Å². The van der Waals surface area contributed by atoms with Crippen LogP contribution in [0.25, 0.3) is 0 Å². The second-order valence-electron chi connectivity index (χ2n) is 8.58. The summed E-state index contributed by atoms with van der Waals surface area (Å²) >= 11 is 4.47. The highest BCUT2D eigenvalue weighted by Crippen LogP contribution is 2.45. The molecule has 33 heavy (non-hydrogen) atoms. The van der Waals surface area contributed by atoms with Gasteiger partial charge in [-0.05, 0) is 41.9 Å². The van der Waals surface area contributed by atoms with Crippen LogP contribution in [0.5, 0.6) is 0 Å². The zero-order chi connectivity index (χ0) is 22.0. The van der Waals surface area contributed by atoms with Gasteiger partial charge in [-0.1, -0.05) is 61.0 Å². The van der Waals surface area contributed by atoms with Crippen molar-refractivity contribution in [3.05, 3.63) is 71.3 Å². The third kappa shape index (κ3) is 5.97. The van der Waals surface area contributed by atoms with E-state index in [2.05, 4.69) is 17.9 Å². The van der Waals surface area contributed by atoms with Crippen LogP contribution in [-0.4, -0.2) is 34.1 Å². The number of hydrogen-bond donors (Lipinski definition) is 3. The molecule has 0 aliphatic heterocycles. The van der Waals surface area contributed by atoms with Gasteiger partial charge in [0, 0.05) is 12.3 Å². The molecule has 8 heteroatoms. The highest BCUT2D eigenvalue weighted by Gasteiger charge is 2.47. The van der Waals surface area contributed by atoms with Crippen molar-refractivity contribution in [3.63, 3.8) is 0 Å². The van der Waals surface area contributed by atoms with Crippen LogP contribution < -0.4 is 5.32 Å². The molecule has 2 unspecified atom stereocenters. The standard InChI is InChI=1S/C25H27NO4S.2H2S/c27-23-20(26-24(28)21(31)13-15-7-2-1-3-8-15)14-16-9-4-5-10-17(16)18-11-6-12-19(22(18)23)25(29)30;;/h1-5,7-10,18-22,31H,6,11-14H2,(H,26,28)(H,29,30);2*1H2/t18?,19-,20+,21-,22?;;/m1../s1. The monoisotopic (exact) mass is 505 g/mol. The molecule has 0 saturated heterocycles. The number of amides is 1. The lowest BCUT2D eigenvalue weighted by molar-refractivity contribution is -0.149. The van der Waals surface area contributed by atoms with Crippen LogP contribution in [0.2, 0.25) is 0 Å². The molecule has 2 aliphatic rings. The maximum atomic E-state index is 13.6. The van der Waals surface area contributed by atoms with Gasteiger partial charge in [-0.25, -0.2) is 0 Å². The van der Waals surface area contributed by atoms with Crippen molar-refractivity contribution in [2.24, 2.45) is 11.8 Å². The zero-order valence-corrected chi connectivity index (χ0v) is 21.1. The Hall–Kier alpha value is -1.90. The third-order valence-electron chi connectivity index (χ3n) is 6.66. The molecule has 0 bridgehead atoms. The number of ketones is 1. The summed E-state index contributed by atoms with van der Waals surface area (Å²) in [6, 6.07) is 16.7. The van der Waals surface area contributed by atoms with Gasteiger partial charge in [0.15, 0.2) is 5.78 Å². The van der Waals surface area contributed by atoms with Crippen LogP contribution >= 0.6 is 39.6 Å². The molecule has 5 atom stereocenters. The number of fused-ring (bicyclic) bond motifs is 3. The molecule has 0 radical (unpaired) electrons. The van der Waals surface area contributed by atoms with Crippen molar-refractivity contribution in [3.8, 4) is 0 Å². The summed E-state index contributed by atoms with van der Waals surface area (Å²) in [4.78, 5) is 38.4. The van der Waals surface area contributed by atoms with E-state index in [1.807, 2.05) is 54.6 Å². The van der Waals surface area contributed by atoms with Crippen LogP contribution in [0.15, 0.2) is 54.6 Å². The molecular weight excluding hydrogens is 474 g/mol. The molecule has 2 aliphatic carbocycles. The number of rotatable bonds is 5. The van der Waals surface area contributed by atoms with Gasteiger partial charge in [0.2, 0.25) is 5.91 Å². The first-order valence-electron chi connectivity index (χ1n) is 10.8. The third-order valence-corrected chi connectivity index (χ3v) is 7.07. The van der Waals surface area contributed by atoms with E-state index in [1.54, 1.807) is 0 Å². The minimum Gasteiger partial charge on any atom is -0.481 e. The minimum atomic E-state index is -0.927. The molecule has 2 aromatic carbocycles. The summed E-state index contributed by atoms with van der Waals surface area (Å²) in [6.07, 6.45) is 2.91. The number of aliphatic carboxylic acids is 1. The molecule has 1 fully saturated rings. The van der Waals surface area contributed by atoms with Gasteiger partial charge in [-0.2, -0.15) is 39.6 Å². The number of carbonyl (C=O) groups excluding carboxylic acids is 2. The average Bonchev–Trinajstić information content (AvgIpc) is 2.89. The average molecular weight is 506 g/mol. The van der Waals surface area contributed by atoms with Crippen molar-refractivity contribution >= 4 is 57.3 Å². The first kappa shape index (κ1) is 27.3. The number of nitrogens with one attached hydrogen (secondary N) is 1. The molecule has 178 valence electrons. The Balaban J connectivity index is 0.00000193. The van der Waals surface area contributed by atoms with Gasteiger partial charge in [-0.15, -0.1) is 0 Å². The van der Waals surface area contributed by atoms with Gasteiger partial charge in [0.1, 0.15) is 0 Å². The van der Waals surface area contributed by atoms with Crippen LogP contribution in [0.4, 0.5) is 0 Å². The summed E-state index contributed by atoms with van der Waals surface area (Å²) in [5, 5.41) is 12.1. The molecule has 4 rings (SSSR count). The van der Waals surface area contributed by atoms with Crippen molar-refractivity contribution in [2.45, 2.75) is 49.3 Å². The molecule has 1 amide bonds. The molecule has 1 saturated carbocycles. The normalized spacial score (nSPS) is 24.6. The number of thiol groups is 1. The minimum absolute atomic E-state index is 0. The van der Waals surface area contributed by atoms with Gasteiger partial charge in [-0.3, -0.25) is 14.4 Å². The topological polar surface area (TPSA) is 83.5 Å². The SMILES string of the molecule is O=C(N[C@H]1Cc2ccccc2C2CCC[C@@H](C(=O)O)C2C1=O)[C@H](S)Cc1ccccc1.S.S. The Labute approximate surface area is 214 Å². The Bertz CT molecular complexity index is 985. The van der Waals surface area contributed by atoms with E-state index in [0.29, 0.717) is 19.3 Å². The molecule has 0 aromatic heterocycles. The van der Waals surface area contributed by atoms with E-state index in [9.17, 15) is 19.5 Å². The fourth-order valence-electron chi connectivity index (χ4n) is 5.17. The number of carboxylic acids is 1. The molecule has 0 heterocycles. The first-order valence-corrected chi connectivity index (χ1v) is 11.3. The van der Waals surface area contributed by atoms with E-state index < -0.39 is 29.1 Å². The molecular formula is C25H31NO4S3. The van der Waals surface area contributed by atoms with E-state index in [0.717, 1.165) is 29.5 Å². The Morgan fingerprint density at radius 2 is 1.70 bits per heavy atom. The summed E-state index contributed by atoms with van der Waals surface area (Å²) < 4.78 is 0. The highest BCUT2D eigenvalue weighted by molar-refractivity contribution is 7.81. The number of benzene rings is 2. The fraction of sp³-hybridized carbons (Fsp3) is 0.400. The number of Topliss-reactive ketones (excluding diaryl/α,β-unsaturated/α-hetero) is 1. The Kier molecular flexibility index (Phi) is 9.94. The smallest absolute Gasteiger partial charge is 0.307 e. The quantitative estimate of drug-likeness (QED) is 0.542. The predicted octanol–water partition coefficient (Wildman–Crippen LogP) is 3.65. The lowest BCUT2D eigenvalue weighted by Gasteiger charge is -2.35. The van der Waals surface area contributed by atoms with Crippen LogP contribution in [0.1, 0.15) is 41.9 Å². The predicted molar refractivity (Wildman–Crippen MR) is 142 cm³/mol. The lowest BCUT2D eigenvalue weighted by atomic mass is 9.67. The molecule has 0 spiro atoms. The van der Waals surface area contributed by atoms with Gasteiger partial charge < -0.3 is 10.4 Å². The maximum absolute atomic E-state index is 13.6. The van der Waals surface area contributed by atoms with Crippen molar-refractivity contribution < 1.29 is 19.5 Å². The maximum Gasteiger partial charge on any atom is 0.307 e. The summed E-state index contributed by atoms with van der Waals surface area (Å²) in [5.41, 5.74) is 3.06. The van der Waals surface area contributed by atoms with Crippen molar-refractivity contribution in [2.75, 3.05) is 0 Å². The second kappa shape index (κ2) is 12.0. The molecule has 5 nitrogen and oxygen atoms in total. The van der Waals surface area contributed by atoms with Gasteiger partial charge in [0.25, 0.3) is 0 Å². The van der Waals surface area contributed by atoms with Gasteiger partial charge >= 0.3 is 5.97 Å². The van der Waals surface area contributed by atoms with E-state index in [4.69, 9.17) is 0 Å². The van der Waals surface area contributed by atoms with Crippen molar-refractivity contribution in [1.29, 1.82) is 0 Å². The lowest BCUT2D eigenvalue weighted by Crippen LogP contribution is -2.50. The summed E-state index contributed by atoms with van der Waals surface area (Å²) in [6.45, 7) is 0. The van der Waals surface area contributed by atoms with E-state index in [-0.39, 0.29) is 44.6 Å². The zero-order valence-electron chi connectivity index (χ0n) is 18.2. The number of hydrogen-bond acceptors (Lipinski definition) is 4. The second-order valence-corrected chi connectivity index (χ2v) is 9.20. The van der Waals surface area contributed by atoms with Crippen LogP contribution in [0.3, 0.4) is 0 Å². The summed E-state index contributed by atoms with van der Waals surface area (Å²) in [7, 11) is 0. The summed E-state index contributed by atoms with van der Waals surface area (Å²) in [5.74, 6) is -2.84. The number of carbonyl (C=O) groups is 3. The van der Waals surface area contributed by atoms with Crippen LogP contribution in [-0.2, 0) is 27.2 Å². The molecule has 2 aromatic rings. The number of carboxylic acid groups (broad SMARTS) is 1. The Morgan fingerprint density at radius 1 is 1.03 bits per heavy atom.